The monoisotopic (exact) mass is 381 g/mol. The molecule has 1 amide bonds. The average Bonchev–Trinajstić information content (AvgIpc) is 2.61. The van der Waals surface area contributed by atoms with Crippen LogP contribution in [0.4, 0.5) is 18.9 Å². The van der Waals surface area contributed by atoms with Crippen LogP contribution in [-0.4, -0.2) is 26.0 Å². The largest absolute Gasteiger partial charge is 0.573 e. The fraction of sp³-hybridized carbons (Fsp3) is 0.211. The zero-order chi connectivity index (χ0) is 19.9. The first kappa shape index (κ1) is 20.2. The molecular formula is C19H18F3NO4. The second kappa shape index (κ2) is 8.98. The van der Waals surface area contributed by atoms with Gasteiger partial charge in [0.25, 0.3) is 5.91 Å². The predicted octanol–water partition coefficient (Wildman–Crippen LogP) is 4.34. The summed E-state index contributed by atoms with van der Waals surface area (Å²) in [5, 5.41) is 2.33. The Morgan fingerprint density at radius 1 is 1.15 bits per heavy atom. The number of carbonyl (C=O) groups excluding carboxylic acids is 1. The van der Waals surface area contributed by atoms with E-state index in [0.717, 1.165) is 11.6 Å². The summed E-state index contributed by atoms with van der Waals surface area (Å²) in [6.07, 6.45) is -2.48. The quantitative estimate of drug-likeness (QED) is 0.691. The van der Waals surface area contributed by atoms with E-state index < -0.39 is 24.6 Å². The summed E-state index contributed by atoms with van der Waals surface area (Å²) in [4.78, 5) is 12.0. The predicted molar refractivity (Wildman–Crippen MR) is 94.1 cm³/mol. The van der Waals surface area contributed by atoms with E-state index >= 15 is 0 Å². The Morgan fingerprint density at radius 2 is 1.89 bits per heavy atom. The lowest BCUT2D eigenvalue weighted by Gasteiger charge is -2.15. The second-order valence-corrected chi connectivity index (χ2v) is 5.36. The van der Waals surface area contributed by atoms with Crippen molar-refractivity contribution in [1.29, 1.82) is 0 Å². The minimum absolute atomic E-state index is 0.114. The highest BCUT2D eigenvalue weighted by molar-refractivity contribution is 5.93. The van der Waals surface area contributed by atoms with E-state index in [4.69, 9.17) is 9.47 Å². The van der Waals surface area contributed by atoms with Crippen LogP contribution in [0.3, 0.4) is 0 Å². The van der Waals surface area contributed by atoms with E-state index in [0.29, 0.717) is 17.9 Å². The molecule has 0 heterocycles. The number of amides is 1. The van der Waals surface area contributed by atoms with Gasteiger partial charge in [0.1, 0.15) is 0 Å². The van der Waals surface area contributed by atoms with Gasteiger partial charge < -0.3 is 19.5 Å². The van der Waals surface area contributed by atoms with Gasteiger partial charge >= 0.3 is 6.36 Å². The minimum atomic E-state index is -4.86. The van der Waals surface area contributed by atoms with Gasteiger partial charge in [0, 0.05) is 0 Å². The number of hydrogen-bond donors (Lipinski definition) is 1. The molecule has 8 heteroatoms. The highest BCUT2D eigenvalue weighted by atomic mass is 19.4. The summed E-state index contributed by atoms with van der Waals surface area (Å²) in [6, 6.07) is 10.4. The fourth-order valence-corrected chi connectivity index (χ4v) is 2.24. The van der Waals surface area contributed by atoms with E-state index in [1.807, 2.05) is 0 Å². The molecule has 144 valence electrons. The van der Waals surface area contributed by atoms with Gasteiger partial charge in [0.05, 0.1) is 12.8 Å². The molecule has 0 aliphatic heterocycles. The third-order valence-corrected chi connectivity index (χ3v) is 3.35. The molecule has 0 spiro atoms. The topological polar surface area (TPSA) is 56.8 Å². The highest BCUT2D eigenvalue weighted by Gasteiger charge is 2.32. The summed E-state index contributed by atoms with van der Waals surface area (Å²) in [7, 11) is 1.46. The maximum Gasteiger partial charge on any atom is 0.573 e. The summed E-state index contributed by atoms with van der Waals surface area (Å²) < 4.78 is 51.8. The number of nitrogens with one attached hydrogen (secondary N) is 1. The zero-order valence-electron chi connectivity index (χ0n) is 14.5. The zero-order valence-corrected chi connectivity index (χ0v) is 14.5. The van der Waals surface area contributed by atoms with Gasteiger partial charge in [0.15, 0.2) is 23.9 Å². The maximum atomic E-state index is 12.4. The fourth-order valence-electron chi connectivity index (χ4n) is 2.24. The van der Waals surface area contributed by atoms with Crippen molar-refractivity contribution in [2.45, 2.75) is 12.8 Å². The average molecular weight is 381 g/mol. The maximum absolute atomic E-state index is 12.4. The van der Waals surface area contributed by atoms with E-state index in [-0.39, 0.29) is 5.69 Å². The Bertz CT molecular complexity index is 806. The normalized spacial score (nSPS) is 10.8. The molecule has 2 rings (SSSR count). The van der Waals surface area contributed by atoms with Crippen LogP contribution in [-0.2, 0) is 11.2 Å². The number of carbonyl (C=O) groups is 1. The van der Waals surface area contributed by atoms with Crippen molar-refractivity contribution in [3.63, 3.8) is 0 Å². The standard InChI is InChI=1S/C19H18F3NO4/c1-3-6-13-9-10-16(17(11-13)25-2)26-12-18(24)23-14-7-4-5-8-15(14)27-19(20,21)22/h3-5,7-11H,1,6,12H2,2H3,(H,23,24). The first-order valence-electron chi connectivity index (χ1n) is 7.87. The number of benzene rings is 2. The van der Waals surface area contributed by atoms with Crippen LogP contribution in [0.5, 0.6) is 17.2 Å². The molecule has 0 radical (unpaired) electrons. The molecule has 2 aromatic rings. The molecule has 0 aliphatic rings. The number of halogens is 3. The smallest absolute Gasteiger partial charge is 0.493 e. The second-order valence-electron chi connectivity index (χ2n) is 5.36. The van der Waals surface area contributed by atoms with Crippen molar-refractivity contribution in [2.75, 3.05) is 19.0 Å². The number of methoxy groups -OCH3 is 1. The number of ether oxygens (including phenoxy) is 3. The molecule has 27 heavy (non-hydrogen) atoms. The van der Waals surface area contributed by atoms with Crippen LogP contribution in [0.25, 0.3) is 0 Å². The van der Waals surface area contributed by atoms with Crippen molar-refractivity contribution >= 4 is 11.6 Å². The lowest BCUT2D eigenvalue weighted by Crippen LogP contribution is -2.22. The Morgan fingerprint density at radius 3 is 2.56 bits per heavy atom. The SMILES string of the molecule is C=CCc1ccc(OCC(=O)Nc2ccccc2OC(F)(F)F)c(OC)c1. The van der Waals surface area contributed by atoms with E-state index in [1.54, 1.807) is 24.3 Å². The summed E-state index contributed by atoms with van der Waals surface area (Å²) in [5.41, 5.74) is 0.841. The Balaban J connectivity index is 2.02. The van der Waals surface area contributed by atoms with Crippen LogP contribution >= 0.6 is 0 Å². The van der Waals surface area contributed by atoms with Crippen LogP contribution in [0.1, 0.15) is 5.56 Å². The van der Waals surface area contributed by atoms with Crippen molar-refractivity contribution in [3.8, 4) is 17.2 Å². The van der Waals surface area contributed by atoms with Gasteiger partial charge in [0.2, 0.25) is 0 Å². The first-order valence-corrected chi connectivity index (χ1v) is 7.87. The highest BCUT2D eigenvalue weighted by Crippen LogP contribution is 2.30. The van der Waals surface area contributed by atoms with E-state index in [9.17, 15) is 18.0 Å². The third kappa shape index (κ3) is 6.25. The number of rotatable bonds is 8. The van der Waals surface area contributed by atoms with Crippen molar-refractivity contribution in [2.24, 2.45) is 0 Å². The summed E-state index contributed by atoms with van der Waals surface area (Å²) >= 11 is 0. The molecule has 1 N–H and O–H groups in total. The number of hydrogen-bond acceptors (Lipinski definition) is 4. The van der Waals surface area contributed by atoms with Crippen molar-refractivity contribution in [3.05, 3.63) is 60.7 Å². The van der Waals surface area contributed by atoms with Crippen molar-refractivity contribution < 1.29 is 32.2 Å². The van der Waals surface area contributed by atoms with Gasteiger partial charge in [-0.2, -0.15) is 0 Å². The van der Waals surface area contributed by atoms with Gasteiger partial charge in [-0.1, -0.05) is 24.3 Å². The molecule has 5 nitrogen and oxygen atoms in total. The Kier molecular flexibility index (Phi) is 6.70. The molecule has 0 aliphatic carbocycles. The van der Waals surface area contributed by atoms with Gasteiger partial charge in [-0.15, -0.1) is 19.8 Å². The number of anilines is 1. The molecule has 0 bridgehead atoms. The van der Waals surface area contributed by atoms with Crippen LogP contribution in [0, 0.1) is 0 Å². The van der Waals surface area contributed by atoms with Gasteiger partial charge in [-0.3, -0.25) is 4.79 Å². The molecule has 0 atom stereocenters. The van der Waals surface area contributed by atoms with Crippen LogP contribution in [0.15, 0.2) is 55.1 Å². The van der Waals surface area contributed by atoms with Gasteiger partial charge in [-0.05, 0) is 36.2 Å². The summed E-state index contributed by atoms with van der Waals surface area (Å²) in [6.45, 7) is 3.24. The Hall–Kier alpha value is -3.16. The molecule has 0 aromatic heterocycles. The molecular weight excluding hydrogens is 363 g/mol. The minimum Gasteiger partial charge on any atom is -0.493 e. The van der Waals surface area contributed by atoms with Gasteiger partial charge in [-0.25, -0.2) is 0 Å². The molecule has 0 saturated carbocycles. The Labute approximate surface area is 154 Å². The molecule has 0 fully saturated rings. The lowest BCUT2D eigenvalue weighted by atomic mass is 10.1. The third-order valence-electron chi connectivity index (χ3n) is 3.35. The van der Waals surface area contributed by atoms with Crippen LogP contribution < -0.4 is 19.5 Å². The first-order chi connectivity index (χ1) is 12.8. The molecule has 2 aromatic carbocycles. The molecule has 0 unspecified atom stereocenters. The van der Waals surface area contributed by atoms with Crippen LogP contribution in [0.2, 0.25) is 0 Å². The number of allylic oxidation sites excluding steroid dienone is 1. The summed E-state index contributed by atoms with van der Waals surface area (Å²) in [5.74, 6) is -0.390. The lowest BCUT2D eigenvalue weighted by molar-refractivity contribution is -0.274. The van der Waals surface area contributed by atoms with E-state index in [2.05, 4.69) is 16.6 Å². The number of alkyl halides is 3. The molecule has 0 saturated heterocycles. The van der Waals surface area contributed by atoms with Crippen molar-refractivity contribution in [1.82, 2.24) is 0 Å². The van der Waals surface area contributed by atoms with E-state index in [1.165, 1.54) is 25.3 Å². The number of para-hydroxylation sites is 2.